The van der Waals surface area contributed by atoms with Crippen molar-refractivity contribution in [2.45, 2.75) is 51.9 Å². The molecule has 92 valence electrons. The molecule has 0 amide bonds. The fraction of sp³-hybridized carbons (Fsp3) is 0.750. The molecule has 1 aromatic heterocycles. The van der Waals surface area contributed by atoms with Gasteiger partial charge in [0.1, 0.15) is 0 Å². The van der Waals surface area contributed by atoms with E-state index < -0.39 is 8.32 Å². The summed E-state index contributed by atoms with van der Waals surface area (Å²) in [6.45, 7) is 13.3. The summed E-state index contributed by atoms with van der Waals surface area (Å²) < 4.78 is 8.19. The van der Waals surface area contributed by atoms with E-state index >= 15 is 0 Å². The van der Waals surface area contributed by atoms with Crippen LogP contribution in [0.3, 0.4) is 0 Å². The zero-order valence-corrected chi connectivity index (χ0v) is 12.2. The first kappa shape index (κ1) is 13.5. The van der Waals surface area contributed by atoms with Crippen LogP contribution in [0.15, 0.2) is 18.7 Å². The molecule has 0 saturated heterocycles. The average Bonchev–Trinajstić information content (AvgIpc) is 2.63. The zero-order valence-electron chi connectivity index (χ0n) is 11.2. The number of aryl methyl sites for hydroxylation is 1. The quantitative estimate of drug-likeness (QED) is 0.583. The van der Waals surface area contributed by atoms with Gasteiger partial charge in [0.25, 0.3) is 0 Å². The largest absolute Gasteiger partial charge is 0.417 e. The van der Waals surface area contributed by atoms with Gasteiger partial charge in [-0.2, -0.15) is 0 Å². The van der Waals surface area contributed by atoms with Crippen molar-refractivity contribution in [1.82, 2.24) is 9.55 Å². The molecule has 1 heterocycles. The van der Waals surface area contributed by atoms with Crippen molar-refractivity contribution in [1.29, 1.82) is 0 Å². The molecule has 0 aliphatic carbocycles. The predicted octanol–water partition coefficient (Wildman–Crippen LogP) is 3.30. The molecule has 0 unspecified atom stereocenters. The second-order valence-corrected chi connectivity index (χ2v) is 10.6. The standard InChI is InChI=1S/C12H24N2OSi/c1-12(2,3)16(4,5)15-10-6-8-14-9-7-13-11-14/h7,9,11H,6,8,10H2,1-5H3. The monoisotopic (exact) mass is 240 g/mol. The van der Waals surface area contributed by atoms with Gasteiger partial charge in [0.2, 0.25) is 0 Å². The summed E-state index contributed by atoms with van der Waals surface area (Å²) in [7, 11) is -1.55. The first-order valence-corrected chi connectivity index (χ1v) is 8.83. The fourth-order valence-corrected chi connectivity index (χ4v) is 2.30. The van der Waals surface area contributed by atoms with Gasteiger partial charge in [-0.1, -0.05) is 20.8 Å². The molecular weight excluding hydrogens is 216 g/mol. The van der Waals surface area contributed by atoms with E-state index in [0.717, 1.165) is 19.6 Å². The molecule has 1 rings (SSSR count). The molecular formula is C12H24N2OSi. The summed E-state index contributed by atoms with van der Waals surface area (Å²) in [5, 5.41) is 0.308. The van der Waals surface area contributed by atoms with E-state index in [0.29, 0.717) is 5.04 Å². The van der Waals surface area contributed by atoms with E-state index in [2.05, 4.69) is 43.4 Å². The van der Waals surface area contributed by atoms with Crippen molar-refractivity contribution in [2.75, 3.05) is 6.61 Å². The number of hydrogen-bond donors (Lipinski definition) is 0. The maximum Gasteiger partial charge on any atom is 0.191 e. The van der Waals surface area contributed by atoms with Gasteiger partial charge in [0.05, 0.1) is 6.33 Å². The Morgan fingerprint density at radius 3 is 2.50 bits per heavy atom. The van der Waals surface area contributed by atoms with Crippen molar-refractivity contribution < 1.29 is 4.43 Å². The van der Waals surface area contributed by atoms with Crippen LogP contribution in [0.1, 0.15) is 27.2 Å². The van der Waals surface area contributed by atoms with Gasteiger partial charge in [0.15, 0.2) is 8.32 Å². The molecule has 0 aromatic carbocycles. The Morgan fingerprint density at radius 1 is 1.31 bits per heavy atom. The maximum atomic E-state index is 6.10. The molecule has 3 nitrogen and oxygen atoms in total. The van der Waals surface area contributed by atoms with E-state index in [-0.39, 0.29) is 0 Å². The van der Waals surface area contributed by atoms with Gasteiger partial charge in [-0.25, -0.2) is 4.98 Å². The number of imidazole rings is 1. The molecule has 0 atom stereocenters. The smallest absolute Gasteiger partial charge is 0.191 e. The van der Waals surface area contributed by atoms with Gasteiger partial charge in [0, 0.05) is 25.5 Å². The minimum atomic E-state index is -1.55. The number of aromatic nitrogens is 2. The van der Waals surface area contributed by atoms with E-state index in [4.69, 9.17) is 4.43 Å². The fourth-order valence-electron chi connectivity index (χ4n) is 1.21. The second kappa shape index (κ2) is 5.14. The highest BCUT2D eigenvalue weighted by molar-refractivity contribution is 6.74. The Morgan fingerprint density at radius 2 is 2.00 bits per heavy atom. The lowest BCUT2D eigenvalue weighted by atomic mass is 10.2. The van der Waals surface area contributed by atoms with Gasteiger partial charge >= 0.3 is 0 Å². The summed E-state index contributed by atoms with van der Waals surface area (Å²) in [5.74, 6) is 0. The van der Waals surface area contributed by atoms with Crippen LogP contribution in [0.25, 0.3) is 0 Å². The van der Waals surface area contributed by atoms with E-state index in [9.17, 15) is 0 Å². The lowest BCUT2D eigenvalue weighted by molar-refractivity contribution is 0.275. The highest BCUT2D eigenvalue weighted by atomic mass is 28.4. The third kappa shape index (κ3) is 3.76. The number of nitrogens with zero attached hydrogens (tertiary/aromatic N) is 2. The lowest BCUT2D eigenvalue weighted by Gasteiger charge is -2.36. The molecule has 16 heavy (non-hydrogen) atoms. The van der Waals surface area contributed by atoms with Crippen molar-refractivity contribution >= 4 is 8.32 Å². The third-order valence-corrected chi connectivity index (χ3v) is 7.93. The summed E-state index contributed by atoms with van der Waals surface area (Å²) in [6, 6.07) is 0. The number of hydrogen-bond acceptors (Lipinski definition) is 2. The first-order chi connectivity index (χ1) is 7.33. The lowest BCUT2D eigenvalue weighted by Crippen LogP contribution is -2.41. The SMILES string of the molecule is CC(C)(C)[Si](C)(C)OCCCn1ccnc1. The minimum Gasteiger partial charge on any atom is -0.417 e. The Labute approximate surface area is 100.0 Å². The molecule has 0 aliphatic heterocycles. The molecule has 0 bridgehead atoms. The Balaban J connectivity index is 2.25. The van der Waals surface area contributed by atoms with Crippen LogP contribution in [-0.2, 0) is 11.0 Å². The molecule has 4 heteroatoms. The van der Waals surface area contributed by atoms with Gasteiger partial charge in [-0.05, 0) is 24.6 Å². The van der Waals surface area contributed by atoms with Crippen molar-refractivity contribution in [2.24, 2.45) is 0 Å². The van der Waals surface area contributed by atoms with Crippen molar-refractivity contribution in [3.8, 4) is 0 Å². The minimum absolute atomic E-state index is 0.308. The zero-order chi connectivity index (χ0) is 12.2. The highest BCUT2D eigenvalue weighted by Crippen LogP contribution is 2.36. The molecule has 0 radical (unpaired) electrons. The van der Waals surface area contributed by atoms with E-state index in [1.165, 1.54) is 0 Å². The van der Waals surface area contributed by atoms with Gasteiger partial charge in [-0.15, -0.1) is 0 Å². The highest BCUT2D eigenvalue weighted by Gasteiger charge is 2.36. The maximum absolute atomic E-state index is 6.10. The second-order valence-electron chi connectivity index (χ2n) is 5.76. The summed E-state index contributed by atoms with van der Waals surface area (Å²) >= 11 is 0. The van der Waals surface area contributed by atoms with Crippen LogP contribution in [0.2, 0.25) is 18.1 Å². The molecule has 0 saturated carbocycles. The van der Waals surface area contributed by atoms with Crippen LogP contribution < -0.4 is 0 Å². The average molecular weight is 240 g/mol. The summed E-state index contributed by atoms with van der Waals surface area (Å²) in [4.78, 5) is 4.02. The predicted molar refractivity (Wildman–Crippen MR) is 70.0 cm³/mol. The molecule has 0 N–H and O–H groups in total. The van der Waals surface area contributed by atoms with Crippen LogP contribution in [0.4, 0.5) is 0 Å². The third-order valence-electron chi connectivity index (χ3n) is 3.39. The van der Waals surface area contributed by atoms with Crippen LogP contribution in [-0.4, -0.2) is 24.5 Å². The van der Waals surface area contributed by atoms with Crippen molar-refractivity contribution in [3.05, 3.63) is 18.7 Å². The van der Waals surface area contributed by atoms with Crippen LogP contribution in [0.5, 0.6) is 0 Å². The summed E-state index contributed by atoms with van der Waals surface area (Å²) in [6.07, 6.45) is 6.72. The molecule has 0 fully saturated rings. The van der Waals surface area contributed by atoms with Crippen LogP contribution in [0, 0.1) is 0 Å². The van der Waals surface area contributed by atoms with Gasteiger partial charge in [-0.3, -0.25) is 0 Å². The van der Waals surface area contributed by atoms with Gasteiger partial charge < -0.3 is 8.99 Å². The topological polar surface area (TPSA) is 27.1 Å². The molecule has 0 aliphatic rings. The summed E-state index contributed by atoms with van der Waals surface area (Å²) in [5.41, 5.74) is 0. The van der Waals surface area contributed by atoms with E-state index in [1.807, 2.05) is 18.7 Å². The molecule has 1 aromatic rings. The van der Waals surface area contributed by atoms with E-state index in [1.54, 1.807) is 0 Å². The number of rotatable bonds is 5. The Bertz CT molecular complexity index is 301. The van der Waals surface area contributed by atoms with Crippen LogP contribution >= 0.6 is 0 Å². The molecule has 0 spiro atoms. The first-order valence-electron chi connectivity index (χ1n) is 5.93. The Hall–Kier alpha value is -0.613. The Kier molecular flexibility index (Phi) is 4.33. The normalized spacial score (nSPS) is 13.1. The van der Waals surface area contributed by atoms with Crippen molar-refractivity contribution in [3.63, 3.8) is 0 Å².